The van der Waals surface area contributed by atoms with E-state index in [2.05, 4.69) is 9.80 Å². The molecule has 7 nitrogen and oxygen atoms in total. The molecular formula is C23H29N3O4. The highest BCUT2D eigenvalue weighted by molar-refractivity contribution is 5.98. The fraction of sp³-hybridized carbons (Fsp3) is 0.391. The number of anilines is 1. The van der Waals surface area contributed by atoms with Crippen molar-refractivity contribution in [3.63, 3.8) is 0 Å². The van der Waals surface area contributed by atoms with Gasteiger partial charge in [-0.1, -0.05) is 12.1 Å². The van der Waals surface area contributed by atoms with Gasteiger partial charge in [0.1, 0.15) is 11.5 Å². The van der Waals surface area contributed by atoms with Gasteiger partial charge in [0, 0.05) is 37.9 Å². The average Bonchev–Trinajstić information content (AvgIpc) is 2.79. The Balaban J connectivity index is 1.40. The summed E-state index contributed by atoms with van der Waals surface area (Å²) in [4.78, 5) is 27.5. The number of piperazine rings is 1. The number of methoxy groups -OCH3 is 1. The van der Waals surface area contributed by atoms with Crippen LogP contribution in [0.25, 0.3) is 0 Å². The molecule has 2 N–H and O–H groups in total. The minimum absolute atomic E-state index is 0.387. The third kappa shape index (κ3) is 5.51. The predicted molar refractivity (Wildman–Crippen MR) is 117 cm³/mol. The first-order chi connectivity index (χ1) is 14.6. The van der Waals surface area contributed by atoms with Crippen molar-refractivity contribution >= 4 is 17.9 Å². The van der Waals surface area contributed by atoms with Gasteiger partial charge in [0.05, 0.1) is 24.8 Å². The number of hydrogen-bond donors (Lipinski definition) is 1. The Labute approximate surface area is 177 Å². The highest BCUT2D eigenvalue weighted by atomic mass is 16.5. The van der Waals surface area contributed by atoms with Gasteiger partial charge in [0.25, 0.3) is 5.91 Å². The second kappa shape index (κ2) is 10.6. The molecule has 0 bridgehead atoms. The van der Waals surface area contributed by atoms with Gasteiger partial charge in [0.15, 0.2) is 6.29 Å². The Hall–Kier alpha value is -3.06. The zero-order valence-electron chi connectivity index (χ0n) is 17.4. The first kappa shape index (κ1) is 21.6. The van der Waals surface area contributed by atoms with E-state index in [-0.39, 0.29) is 5.91 Å². The van der Waals surface area contributed by atoms with Crippen molar-refractivity contribution in [2.24, 2.45) is 5.73 Å². The average molecular weight is 412 g/mol. The van der Waals surface area contributed by atoms with Gasteiger partial charge in [0.2, 0.25) is 0 Å². The molecule has 2 aromatic carbocycles. The number of amides is 1. The standard InChI is InChI=1S/C23H29N3O4/c1-29-19-9-8-18(17-27)22(16-19)30-15-5-4-10-25-11-13-26(14-12-25)21-7-3-2-6-20(21)23(24)28/h2-3,6-9,16-17H,4-5,10-15H2,1H3,(H2,24,28). The van der Waals surface area contributed by atoms with Gasteiger partial charge in [-0.2, -0.15) is 0 Å². The molecular weight excluding hydrogens is 382 g/mol. The number of para-hydroxylation sites is 1. The lowest BCUT2D eigenvalue weighted by atomic mass is 10.1. The number of carbonyl (C=O) groups excluding carboxylic acids is 2. The normalized spacial score (nSPS) is 14.4. The summed E-state index contributed by atoms with van der Waals surface area (Å²) in [6, 6.07) is 12.7. The summed E-state index contributed by atoms with van der Waals surface area (Å²) >= 11 is 0. The summed E-state index contributed by atoms with van der Waals surface area (Å²) in [7, 11) is 1.59. The topological polar surface area (TPSA) is 85.1 Å². The first-order valence-corrected chi connectivity index (χ1v) is 10.2. The van der Waals surface area contributed by atoms with Crippen LogP contribution in [-0.4, -0.2) is 63.5 Å². The minimum atomic E-state index is -0.387. The van der Waals surface area contributed by atoms with Crippen LogP contribution in [0.5, 0.6) is 11.5 Å². The number of aldehydes is 1. The number of unbranched alkanes of at least 4 members (excludes halogenated alkanes) is 1. The van der Waals surface area contributed by atoms with Gasteiger partial charge in [-0.15, -0.1) is 0 Å². The van der Waals surface area contributed by atoms with Gasteiger partial charge < -0.3 is 20.1 Å². The Morgan fingerprint density at radius 1 is 1.10 bits per heavy atom. The fourth-order valence-electron chi connectivity index (χ4n) is 3.65. The molecule has 1 aliphatic rings. The lowest BCUT2D eigenvalue weighted by molar-refractivity contribution is 0.1000. The molecule has 0 spiro atoms. The van der Waals surface area contributed by atoms with Crippen LogP contribution < -0.4 is 20.1 Å². The van der Waals surface area contributed by atoms with Gasteiger partial charge >= 0.3 is 0 Å². The van der Waals surface area contributed by atoms with Gasteiger partial charge in [-0.25, -0.2) is 0 Å². The number of primary amides is 1. The highest BCUT2D eigenvalue weighted by Crippen LogP contribution is 2.24. The van der Waals surface area contributed by atoms with Crippen LogP contribution in [0.15, 0.2) is 42.5 Å². The Morgan fingerprint density at radius 2 is 1.87 bits per heavy atom. The van der Waals surface area contributed by atoms with Crippen LogP contribution in [-0.2, 0) is 0 Å². The van der Waals surface area contributed by atoms with Crippen molar-refractivity contribution in [1.82, 2.24) is 4.90 Å². The van der Waals surface area contributed by atoms with Crippen molar-refractivity contribution in [3.8, 4) is 11.5 Å². The van der Waals surface area contributed by atoms with Crippen LogP contribution in [0.3, 0.4) is 0 Å². The molecule has 7 heteroatoms. The first-order valence-electron chi connectivity index (χ1n) is 10.2. The Kier molecular flexibility index (Phi) is 7.68. The van der Waals surface area contributed by atoms with Crippen molar-refractivity contribution < 1.29 is 19.1 Å². The van der Waals surface area contributed by atoms with Crippen molar-refractivity contribution in [3.05, 3.63) is 53.6 Å². The zero-order valence-corrected chi connectivity index (χ0v) is 17.4. The molecule has 1 aliphatic heterocycles. The quantitative estimate of drug-likeness (QED) is 0.478. The van der Waals surface area contributed by atoms with Crippen LogP contribution in [0.4, 0.5) is 5.69 Å². The third-order valence-electron chi connectivity index (χ3n) is 5.36. The zero-order chi connectivity index (χ0) is 21.3. The molecule has 2 aromatic rings. The minimum Gasteiger partial charge on any atom is -0.497 e. The van der Waals surface area contributed by atoms with E-state index in [0.29, 0.717) is 29.2 Å². The number of nitrogens with zero attached hydrogens (tertiary/aromatic N) is 2. The highest BCUT2D eigenvalue weighted by Gasteiger charge is 2.20. The van der Waals surface area contributed by atoms with E-state index in [9.17, 15) is 9.59 Å². The molecule has 1 saturated heterocycles. The Morgan fingerprint density at radius 3 is 2.57 bits per heavy atom. The van der Waals surface area contributed by atoms with Crippen LogP contribution in [0.2, 0.25) is 0 Å². The second-order valence-corrected chi connectivity index (χ2v) is 7.29. The second-order valence-electron chi connectivity index (χ2n) is 7.29. The number of rotatable bonds is 10. The summed E-state index contributed by atoms with van der Waals surface area (Å²) in [6.07, 6.45) is 2.71. The van der Waals surface area contributed by atoms with Gasteiger partial charge in [-0.05, 0) is 43.7 Å². The summed E-state index contributed by atoms with van der Waals surface area (Å²) in [5.74, 6) is 0.847. The molecule has 0 aliphatic carbocycles. The number of hydrogen-bond acceptors (Lipinski definition) is 6. The van der Waals surface area contributed by atoms with Crippen molar-refractivity contribution in [2.45, 2.75) is 12.8 Å². The molecule has 1 amide bonds. The lowest BCUT2D eigenvalue weighted by Gasteiger charge is -2.36. The molecule has 0 unspecified atom stereocenters. The number of ether oxygens (including phenoxy) is 2. The number of benzene rings is 2. The van der Waals surface area contributed by atoms with E-state index in [1.165, 1.54) is 0 Å². The summed E-state index contributed by atoms with van der Waals surface area (Å²) in [6.45, 7) is 5.17. The van der Waals surface area contributed by atoms with E-state index in [4.69, 9.17) is 15.2 Å². The molecule has 3 rings (SSSR count). The number of carbonyl (C=O) groups is 2. The molecule has 1 fully saturated rings. The van der Waals surface area contributed by atoms with Crippen LogP contribution in [0.1, 0.15) is 33.6 Å². The molecule has 30 heavy (non-hydrogen) atoms. The summed E-state index contributed by atoms with van der Waals surface area (Å²) in [5.41, 5.74) is 7.53. The van der Waals surface area contributed by atoms with E-state index >= 15 is 0 Å². The van der Waals surface area contributed by atoms with E-state index in [1.54, 1.807) is 31.4 Å². The largest absolute Gasteiger partial charge is 0.497 e. The van der Waals surface area contributed by atoms with Gasteiger partial charge in [-0.3, -0.25) is 14.5 Å². The fourth-order valence-corrected chi connectivity index (χ4v) is 3.65. The molecule has 160 valence electrons. The molecule has 0 aromatic heterocycles. The van der Waals surface area contributed by atoms with E-state index in [0.717, 1.165) is 57.5 Å². The third-order valence-corrected chi connectivity index (χ3v) is 5.36. The van der Waals surface area contributed by atoms with Crippen LogP contribution in [0, 0.1) is 0 Å². The monoisotopic (exact) mass is 411 g/mol. The molecule has 0 radical (unpaired) electrons. The molecule has 0 atom stereocenters. The van der Waals surface area contributed by atoms with E-state index < -0.39 is 0 Å². The molecule has 1 heterocycles. The maximum Gasteiger partial charge on any atom is 0.250 e. The Bertz CT molecular complexity index is 863. The summed E-state index contributed by atoms with van der Waals surface area (Å²) < 4.78 is 11.0. The maximum atomic E-state index is 11.7. The van der Waals surface area contributed by atoms with Crippen molar-refractivity contribution in [1.29, 1.82) is 0 Å². The predicted octanol–water partition coefficient (Wildman–Crippen LogP) is 2.59. The smallest absolute Gasteiger partial charge is 0.250 e. The van der Waals surface area contributed by atoms with Crippen LogP contribution >= 0.6 is 0 Å². The summed E-state index contributed by atoms with van der Waals surface area (Å²) in [5, 5.41) is 0. The van der Waals surface area contributed by atoms with Crippen molar-refractivity contribution in [2.75, 3.05) is 51.3 Å². The molecule has 0 saturated carbocycles. The number of nitrogens with two attached hydrogens (primary N) is 1. The lowest BCUT2D eigenvalue weighted by Crippen LogP contribution is -2.47. The SMILES string of the molecule is COc1ccc(C=O)c(OCCCCN2CCN(c3ccccc3C(N)=O)CC2)c1. The maximum absolute atomic E-state index is 11.7. The van der Waals surface area contributed by atoms with E-state index in [1.807, 2.05) is 18.2 Å².